The predicted octanol–water partition coefficient (Wildman–Crippen LogP) is 4.12. The van der Waals surface area contributed by atoms with E-state index in [9.17, 15) is 14.0 Å². The van der Waals surface area contributed by atoms with E-state index in [1.807, 2.05) is 29.5 Å². The monoisotopic (exact) mass is 539 g/mol. The lowest BCUT2D eigenvalue weighted by Crippen LogP contribution is -2.15. The standard InChI is InChI=1S/C22H19FINO6/c1-3-28-18-11-13(9-16(24)20(18)30-12-19(26)29-4-2)10-17-22(27)31-21(25-17)14-7-5-6-8-15(14)23/h5-11H,3-4,12H2,1-2H3/b17-10-. The molecule has 2 aromatic carbocycles. The summed E-state index contributed by atoms with van der Waals surface area (Å²) in [5.74, 6) is -1.02. The number of halogens is 2. The van der Waals surface area contributed by atoms with E-state index < -0.39 is 17.8 Å². The maximum absolute atomic E-state index is 14.0. The van der Waals surface area contributed by atoms with Crippen LogP contribution < -0.4 is 9.47 Å². The van der Waals surface area contributed by atoms with Crippen molar-refractivity contribution >= 4 is 46.5 Å². The number of benzene rings is 2. The third-order valence-corrected chi connectivity index (χ3v) is 4.80. The summed E-state index contributed by atoms with van der Waals surface area (Å²) < 4.78 is 35.9. The number of rotatable bonds is 8. The third-order valence-electron chi connectivity index (χ3n) is 4.00. The third kappa shape index (κ3) is 5.60. The molecule has 0 bridgehead atoms. The van der Waals surface area contributed by atoms with Gasteiger partial charge >= 0.3 is 11.9 Å². The van der Waals surface area contributed by atoms with Gasteiger partial charge < -0.3 is 18.9 Å². The number of nitrogens with zero attached hydrogens (tertiary/aromatic N) is 1. The molecule has 0 saturated heterocycles. The zero-order valence-electron chi connectivity index (χ0n) is 16.8. The van der Waals surface area contributed by atoms with E-state index in [1.165, 1.54) is 24.3 Å². The van der Waals surface area contributed by atoms with Crippen molar-refractivity contribution in [1.82, 2.24) is 0 Å². The van der Waals surface area contributed by atoms with Gasteiger partial charge in [-0.3, -0.25) is 0 Å². The van der Waals surface area contributed by atoms with Crippen molar-refractivity contribution in [2.45, 2.75) is 13.8 Å². The van der Waals surface area contributed by atoms with Crippen LogP contribution >= 0.6 is 22.6 Å². The highest BCUT2D eigenvalue weighted by Gasteiger charge is 2.26. The molecule has 0 saturated carbocycles. The van der Waals surface area contributed by atoms with E-state index in [0.29, 0.717) is 27.2 Å². The lowest BCUT2D eigenvalue weighted by atomic mass is 10.1. The molecule has 1 aliphatic rings. The molecule has 0 N–H and O–H groups in total. The highest BCUT2D eigenvalue weighted by atomic mass is 127. The SMILES string of the molecule is CCOC(=O)COc1c(I)cc(/C=C2\N=C(c3ccccc3F)OC2=O)cc1OCC. The topological polar surface area (TPSA) is 83.4 Å². The van der Waals surface area contributed by atoms with E-state index in [1.54, 1.807) is 25.1 Å². The van der Waals surface area contributed by atoms with Crippen molar-refractivity contribution < 1.29 is 32.9 Å². The molecule has 0 unspecified atom stereocenters. The molecule has 0 atom stereocenters. The summed E-state index contributed by atoms with van der Waals surface area (Å²) >= 11 is 2.04. The van der Waals surface area contributed by atoms with Crippen LogP contribution in [0.25, 0.3) is 6.08 Å². The van der Waals surface area contributed by atoms with Crippen LogP contribution in [0.5, 0.6) is 11.5 Å². The molecule has 9 heteroatoms. The molecule has 162 valence electrons. The lowest BCUT2D eigenvalue weighted by molar-refractivity contribution is -0.145. The van der Waals surface area contributed by atoms with Gasteiger partial charge in [-0.2, -0.15) is 0 Å². The number of carbonyl (C=O) groups is 2. The molecule has 0 fully saturated rings. The van der Waals surface area contributed by atoms with Gasteiger partial charge in [0.2, 0.25) is 5.90 Å². The van der Waals surface area contributed by atoms with Crippen LogP contribution in [0.2, 0.25) is 0 Å². The predicted molar refractivity (Wildman–Crippen MR) is 119 cm³/mol. The molecule has 0 radical (unpaired) electrons. The number of carbonyl (C=O) groups excluding carboxylic acids is 2. The van der Waals surface area contributed by atoms with Crippen molar-refractivity contribution in [1.29, 1.82) is 0 Å². The van der Waals surface area contributed by atoms with Crippen LogP contribution in [0.4, 0.5) is 4.39 Å². The molecular weight excluding hydrogens is 520 g/mol. The van der Waals surface area contributed by atoms with E-state index in [2.05, 4.69) is 4.99 Å². The largest absolute Gasteiger partial charge is 0.490 e. The van der Waals surface area contributed by atoms with Crippen LogP contribution in [0.15, 0.2) is 47.1 Å². The molecule has 1 heterocycles. The first kappa shape index (κ1) is 22.7. The van der Waals surface area contributed by atoms with Crippen LogP contribution in [0.3, 0.4) is 0 Å². The first-order chi connectivity index (χ1) is 14.9. The van der Waals surface area contributed by atoms with Gasteiger partial charge in [-0.05, 0) is 72.3 Å². The molecule has 0 amide bonds. The van der Waals surface area contributed by atoms with E-state index in [4.69, 9.17) is 18.9 Å². The molecular formula is C22H19FINO6. The Labute approximate surface area is 192 Å². The molecule has 3 rings (SSSR count). The molecule has 0 aromatic heterocycles. The van der Waals surface area contributed by atoms with Gasteiger partial charge in [-0.1, -0.05) is 12.1 Å². The smallest absolute Gasteiger partial charge is 0.363 e. The first-order valence-corrected chi connectivity index (χ1v) is 10.5. The quantitative estimate of drug-likeness (QED) is 0.285. The maximum atomic E-state index is 14.0. The maximum Gasteiger partial charge on any atom is 0.363 e. The summed E-state index contributed by atoms with van der Waals surface area (Å²) in [5.41, 5.74) is 0.727. The number of cyclic esters (lactones) is 1. The van der Waals surface area contributed by atoms with Crippen LogP contribution in [0.1, 0.15) is 25.0 Å². The summed E-state index contributed by atoms with van der Waals surface area (Å²) in [6.07, 6.45) is 1.51. The van der Waals surface area contributed by atoms with Crippen molar-refractivity contribution in [3.63, 3.8) is 0 Å². The Balaban J connectivity index is 1.90. The van der Waals surface area contributed by atoms with Gasteiger partial charge in [0.1, 0.15) is 5.82 Å². The summed E-state index contributed by atoms with van der Waals surface area (Å²) in [7, 11) is 0. The van der Waals surface area contributed by atoms with Crippen molar-refractivity contribution in [2.24, 2.45) is 4.99 Å². The number of esters is 2. The average molecular weight is 539 g/mol. The number of hydrogen-bond donors (Lipinski definition) is 0. The van der Waals surface area contributed by atoms with E-state index in [0.717, 1.165) is 0 Å². The molecule has 2 aromatic rings. The normalized spacial score (nSPS) is 14.3. The Bertz CT molecular complexity index is 1070. The van der Waals surface area contributed by atoms with Crippen molar-refractivity contribution in [3.05, 3.63) is 62.6 Å². The second kappa shape index (κ2) is 10.4. The van der Waals surface area contributed by atoms with Gasteiger partial charge in [0.15, 0.2) is 23.8 Å². The number of hydrogen-bond acceptors (Lipinski definition) is 7. The van der Waals surface area contributed by atoms with Gasteiger partial charge in [0.05, 0.1) is 22.3 Å². The second-order valence-electron chi connectivity index (χ2n) is 6.17. The minimum atomic E-state index is -0.686. The van der Waals surface area contributed by atoms with Gasteiger partial charge in [0, 0.05) is 0 Å². The fraction of sp³-hybridized carbons (Fsp3) is 0.227. The molecule has 1 aliphatic heterocycles. The molecule has 0 aliphatic carbocycles. The van der Waals surface area contributed by atoms with Gasteiger partial charge in [-0.15, -0.1) is 0 Å². The average Bonchev–Trinajstić information content (AvgIpc) is 3.08. The minimum absolute atomic E-state index is 0.0247. The lowest BCUT2D eigenvalue weighted by Gasteiger charge is -2.14. The molecule has 7 nitrogen and oxygen atoms in total. The van der Waals surface area contributed by atoms with Crippen LogP contribution in [0, 0.1) is 9.39 Å². The second-order valence-corrected chi connectivity index (χ2v) is 7.33. The zero-order valence-corrected chi connectivity index (χ0v) is 19.0. The first-order valence-electron chi connectivity index (χ1n) is 9.45. The summed E-state index contributed by atoms with van der Waals surface area (Å²) in [5, 5.41) is 0. The molecule has 31 heavy (non-hydrogen) atoms. The highest BCUT2D eigenvalue weighted by Crippen LogP contribution is 2.35. The van der Waals surface area contributed by atoms with Crippen LogP contribution in [-0.2, 0) is 19.1 Å². The zero-order chi connectivity index (χ0) is 22.4. The van der Waals surface area contributed by atoms with Gasteiger partial charge in [-0.25, -0.2) is 19.0 Å². The number of aliphatic imine (C=N–C) groups is 1. The van der Waals surface area contributed by atoms with E-state index in [-0.39, 0.29) is 30.4 Å². The fourth-order valence-corrected chi connectivity index (χ4v) is 3.51. The molecule has 0 spiro atoms. The Morgan fingerprint density at radius 1 is 1.19 bits per heavy atom. The highest BCUT2D eigenvalue weighted by molar-refractivity contribution is 14.1. The Kier molecular flexibility index (Phi) is 7.61. The van der Waals surface area contributed by atoms with E-state index >= 15 is 0 Å². The Morgan fingerprint density at radius 3 is 2.68 bits per heavy atom. The Morgan fingerprint density at radius 2 is 1.97 bits per heavy atom. The van der Waals surface area contributed by atoms with Crippen molar-refractivity contribution in [2.75, 3.05) is 19.8 Å². The van der Waals surface area contributed by atoms with Crippen LogP contribution in [-0.4, -0.2) is 37.7 Å². The van der Waals surface area contributed by atoms with Gasteiger partial charge in [0.25, 0.3) is 0 Å². The Hall–Kier alpha value is -2.95. The summed E-state index contributed by atoms with van der Waals surface area (Å²) in [4.78, 5) is 28.0. The fourth-order valence-electron chi connectivity index (χ4n) is 2.72. The summed E-state index contributed by atoms with van der Waals surface area (Å²) in [6.45, 7) is 3.89. The minimum Gasteiger partial charge on any atom is -0.490 e. The van der Waals surface area contributed by atoms with Crippen molar-refractivity contribution in [3.8, 4) is 11.5 Å². The summed E-state index contributed by atoms with van der Waals surface area (Å²) in [6, 6.07) is 9.30. The number of ether oxygens (including phenoxy) is 4.